The number of aryl methyl sites for hydroxylation is 1. The number of esters is 1. The Kier molecular flexibility index (Phi) is 6.48. The Hall–Kier alpha value is -2.65. The third kappa shape index (κ3) is 4.42. The lowest BCUT2D eigenvalue weighted by Gasteiger charge is -2.07. The zero-order chi connectivity index (χ0) is 20.1. The van der Waals surface area contributed by atoms with Crippen molar-refractivity contribution in [2.24, 2.45) is 0 Å². The molecular weight excluding hydrogens is 398 g/mol. The van der Waals surface area contributed by atoms with Crippen LogP contribution >= 0.6 is 23.1 Å². The summed E-state index contributed by atoms with van der Waals surface area (Å²) in [6.45, 7) is 3.92. The van der Waals surface area contributed by atoms with E-state index in [4.69, 9.17) is 9.47 Å². The van der Waals surface area contributed by atoms with Crippen molar-refractivity contribution < 1.29 is 19.1 Å². The fourth-order valence-electron chi connectivity index (χ4n) is 2.55. The van der Waals surface area contributed by atoms with Gasteiger partial charge in [0.25, 0.3) is 0 Å². The standard InChI is InChI=1S/C19H19N3O4S2/c1-4-26-19(24)16-11(2)15-17(20-10-21-18(15)28-16)27-9-14(23)22-12-5-7-13(25-3)8-6-12/h5-8,10H,4,9H2,1-3H3,(H,22,23). The maximum atomic E-state index is 12.3. The number of carbonyl (C=O) groups excluding carboxylic acids is 2. The van der Waals surface area contributed by atoms with Gasteiger partial charge in [-0.05, 0) is 43.7 Å². The lowest BCUT2D eigenvalue weighted by Crippen LogP contribution is -2.14. The molecule has 0 bridgehead atoms. The van der Waals surface area contributed by atoms with Crippen LogP contribution in [0.25, 0.3) is 10.2 Å². The molecule has 2 aromatic heterocycles. The predicted octanol–water partition coefficient (Wildman–Crippen LogP) is 3.92. The van der Waals surface area contributed by atoms with Crippen molar-refractivity contribution >= 4 is 50.9 Å². The third-order valence-electron chi connectivity index (χ3n) is 3.87. The molecule has 3 rings (SSSR count). The first-order valence-electron chi connectivity index (χ1n) is 8.51. The molecule has 0 aliphatic carbocycles. The second-order valence-electron chi connectivity index (χ2n) is 5.70. The molecule has 0 aliphatic rings. The molecule has 7 nitrogen and oxygen atoms in total. The average molecular weight is 418 g/mol. The Morgan fingerprint density at radius 3 is 2.64 bits per heavy atom. The van der Waals surface area contributed by atoms with E-state index in [1.807, 2.05) is 6.92 Å². The smallest absolute Gasteiger partial charge is 0.348 e. The molecule has 0 atom stereocenters. The molecule has 0 fully saturated rings. The number of amides is 1. The summed E-state index contributed by atoms with van der Waals surface area (Å²) in [5, 5.41) is 4.29. The molecule has 1 aromatic carbocycles. The molecule has 0 aliphatic heterocycles. The summed E-state index contributed by atoms with van der Waals surface area (Å²) < 4.78 is 10.2. The summed E-state index contributed by atoms with van der Waals surface area (Å²) >= 11 is 2.58. The number of anilines is 1. The van der Waals surface area contributed by atoms with Gasteiger partial charge in [0, 0.05) is 11.1 Å². The number of aromatic nitrogens is 2. The topological polar surface area (TPSA) is 90.4 Å². The molecule has 0 saturated carbocycles. The van der Waals surface area contributed by atoms with E-state index in [0.29, 0.717) is 27.0 Å². The lowest BCUT2D eigenvalue weighted by atomic mass is 10.2. The summed E-state index contributed by atoms with van der Waals surface area (Å²) in [5.74, 6) is 0.389. The van der Waals surface area contributed by atoms with Crippen LogP contribution in [-0.4, -0.2) is 41.3 Å². The van der Waals surface area contributed by atoms with E-state index in [0.717, 1.165) is 16.7 Å². The number of hydrogen-bond donors (Lipinski definition) is 1. The first-order valence-corrected chi connectivity index (χ1v) is 10.3. The highest BCUT2D eigenvalue weighted by molar-refractivity contribution is 8.00. The highest BCUT2D eigenvalue weighted by atomic mass is 32.2. The van der Waals surface area contributed by atoms with Crippen LogP contribution < -0.4 is 10.1 Å². The van der Waals surface area contributed by atoms with Gasteiger partial charge in [0.2, 0.25) is 5.91 Å². The van der Waals surface area contributed by atoms with Crippen LogP contribution in [0.15, 0.2) is 35.6 Å². The molecule has 0 unspecified atom stereocenters. The average Bonchev–Trinajstić information content (AvgIpc) is 3.04. The van der Waals surface area contributed by atoms with Crippen molar-refractivity contribution in [2.45, 2.75) is 18.9 Å². The molecule has 0 radical (unpaired) electrons. The van der Waals surface area contributed by atoms with Crippen molar-refractivity contribution in [1.29, 1.82) is 0 Å². The minimum atomic E-state index is -0.365. The van der Waals surface area contributed by atoms with E-state index in [1.54, 1.807) is 38.3 Å². The van der Waals surface area contributed by atoms with E-state index < -0.39 is 0 Å². The lowest BCUT2D eigenvalue weighted by molar-refractivity contribution is -0.113. The zero-order valence-corrected chi connectivity index (χ0v) is 17.3. The van der Waals surface area contributed by atoms with Crippen molar-refractivity contribution in [3.8, 4) is 5.75 Å². The van der Waals surface area contributed by atoms with Gasteiger partial charge in [-0.25, -0.2) is 14.8 Å². The second-order valence-corrected chi connectivity index (χ2v) is 7.66. The number of nitrogens with zero attached hydrogens (tertiary/aromatic N) is 2. The Labute approximate surface area is 170 Å². The van der Waals surface area contributed by atoms with E-state index in [1.165, 1.54) is 29.4 Å². The minimum absolute atomic E-state index is 0.152. The zero-order valence-electron chi connectivity index (χ0n) is 15.6. The van der Waals surface area contributed by atoms with Gasteiger partial charge in [0.15, 0.2) is 0 Å². The van der Waals surface area contributed by atoms with Crippen molar-refractivity contribution in [1.82, 2.24) is 9.97 Å². The Morgan fingerprint density at radius 1 is 1.21 bits per heavy atom. The van der Waals surface area contributed by atoms with Crippen LogP contribution in [0.1, 0.15) is 22.2 Å². The van der Waals surface area contributed by atoms with Gasteiger partial charge in [-0.15, -0.1) is 11.3 Å². The number of fused-ring (bicyclic) bond motifs is 1. The van der Waals surface area contributed by atoms with Gasteiger partial charge in [-0.3, -0.25) is 4.79 Å². The number of methoxy groups -OCH3 is 1. The molecule has 1 amide bonds. The normalized spacial score (nSPS) is 10.7. The fourth-order valence-corrected chi connectivity index (χ4v) is 4.51. The summed E-state index contributed by atoms with van der Waals surface area (Å²) in [6.07, 6.45) is 1.44. The fraction of sp³-hybridized carbons (Fsp3) is 0.263. The van der Waals surface area contributed by atoms with Crippen LogP contribution in [0.5, 0.6) is 5.75 Å². The molecule has 2 heterocycles. The van der Waals surface area contributed by atoms with Gasteiger partial charge in [-0.2, -0.15) is 0 Å². The van der Waals surface area contributed by atoms with Gasteiger partial charge in [0.1, 0.15) is 26.8 Å². The second kappa shape index (κ2) is 9.03. The monoisotopic (exact) mass is 417 g/mol. The molecule has 146 valence electrons. The van der Waals surface area contributed by atoms with Crippen LogP contribution in [-0.2, 0) is 9.53 Å². The number of thiophene rings is 1. The predicted molar refractivity (Wildman–Crippen MR) is 110 cm³/mol. The van der Waals surface area contributed by atoms with Crippen LogP contribution in [0.3, 0.4) is 0 Å². The van der Waals surface area contributed by atoms with E-state index >= 15 is 0 Å². The summed E-state index contributed by atoms with van der Waals surface area (Å²) in [4.78, 5) is 34.2. The number of hydrogen-bond acceptors (Lipinski definition) is 8. The number of rotatable bonds is 7. The maximum absolute atomic E-state index is 12.3. The van der Waals surface area contributed by atoms with E-state index in [9.17, 15) is 9.59 Å². The molecule has 28 heavy (non-hydrogen) atoms. The van der Waals surface area contributed by atoms with E-state index in [2.05, 4.69) is 15.3 Å². The van der Waals surface area contributed by atoms with Crippen molar-refractivity contribution in [3.63, 3.8) is 0 Å². The van der Waals surface area contributed by atoms with Gasteiger partial charge in [-0.1, -0.05) is 11.8 Å². The quantitative estimate of drug-likeness (QED) is 0.354. The Morgan fingerprint density at radius 2 is 1.96 bits per heavy atom. The Bertz CT molecular complexity index is 1000. The number of benzene rings is 1. The van der Waals surface area contributed by atoms with Crippen LogP contribution in [0.4, 0.5) is 5.69 Å². The first-order chi connectivity index (χ1) is 13.5. The number of carbonyl (C=O) groups is 2. The summed E-state index contributed by atoms with van der Waals surface area (Å²) in [7, 11) is 1.59. The molecule has 0 spiro atoms. The van der Waals surface area contributed by atoms with Crippen molar-refractivity contribution in [2.75, 3.05) is 24.8 Å². The van der Waals surface area contributed by atoms with Gasteiger partial charge in [0.05, 0.1) is 19.5 Å². The molecule has 3 aromatic rings. The maximum Gasteiger partial charge on any atom is 0.348 e. The van der Waals surface area contributed by atoms with Crippen molar-refractivity contribution in [3.05, 3.63) is 41.0 Å². The number of ether oxygens (including phenoxy) is 2. The molecule has 1 N–H and O–H groups in total. The molecular formula is C19H19N3O4S2. The SMILES string of the molecule is CCOC(=O)c1sc2ncnc(SCC(=O)Nc3ccc(OC)cc3)c2c1C. The summed E-state index contributed by atoms with van der Waals surface area (Å²) in [5.41, 5.74) is 1.47. The van der Waals surface area contributed by atoms with Gasteiger partial charge >= 0.3 is 5.97 Å². The van der Waals surface area contributed by atoms with Gasteiger partial charge < -0.3 is 14.8 Å². The molecule has 0 saturated heterocycles. The number of nitrogens with one attached hydrogen (secondary N) is 1. The van der Waals surface area contributed by atoms with E-state index in [-0.39, 0.29) is 17.6 Å². The molecule has 9 heteroatoms. The summed E-state index contributed by atoms with van der Waals surface area (Å²) in [6, 6.07) is 7.11. The number of thioether (sulfide) groups is 1. The highest BCUT2D eigenvalue weighted by Gasteiger charge is 2.20. The largest absolute Gasteiger partial charge is 0.497 e. The van der Waals surface area contributed by atoms with Crippen LogP contribution in [0.2, 0.25) is 0 Å². The third-order valence-corrected chi connectivity index (χ3v) is 6.04. The van der Waals surface area contributed by atoms with Crippen LogP contribution in [0, 0.1) is 6.92 Å². The highest BCUT2D eigenvalue weighted by Crippen LogP contribution is 2.35. The Balaban J connectivity index is 1.73. The minimum Gasteiger partial charge on any atom is -0.497 e. The first kappa shape index (κ1) is 20.1.